The number of aromatic nitrogens is 1. The summed E-state index contributed by atoms with van der Waals surface area (Å²) in [6, 6.07) is 25.7. The smallest absolute Gasteiger partial charge is 0.340 e. The van der Waals surface area contributed by atoms with Gasteiger partial charge in [0.2, 0.25) is 0 Å². The summed E-state index contributed by atoms with van der Waals surface area (Å²) in [5, 5.41) is 2.13. The van der Waals surface area contributed by atoms with Crippen molar-refractivity contribution in [1.29, 1.82) is 0 Å². The molecule has 0 aliphatic heterocycles. The number of fused-ring (bicyclic) bond motifs is 1. The van der Waals surface area contributed by atoms with Crippen LogP contribution in [0.5, 0.6) is 0 Å². The summed E-state index contributed by atoms with van der Waals surface area (Å²) in [6.07, 6.45) is 0. The number of hydrogen-bond acceptors (Lipinski definition) is 3. The number of nitrogens with zero attached hydrogens (tertiary/aromatic N) is 1. The minimum absolute atomic E-state index is 0.310. The number of hydrogen-bond donors (Lipinski definition) is 1. The van der Waals surface area contributed by atoms with Gasteiger partial charge in [-0.2, -0.15) is 0 Å². The van der Waals surface area contributed by atoms with Crippen molar-refractivity contribution >= 4 is 16.7 Å². The molecule has 0 atom stereocenters. The predicted octanol–water partition coefficient (Wildman–Crippen LogP) is 4.87. The molecule has 2 N–H and O–H groups in total. The van der Waals surface area contributed by atoms with Crippen LogP contribution in [0.15, 0.2) is 78.9 Å². The molecule has 27 heavy (non-hydrogen) atoms. The number of nitrogen functional groups attached to an aromatic ring is 1. The van der Waals surface area contributed by atoms with Gasteiger partial charge in [-0.3, -0.25) is 4.68 Å². The van der Waals surface area contributed by atoms with Gasteiger partial charge in [0, 0.05) is 11.1 Å². The van der Waals surface area contributed by atoms with E-state index >= 15 is 0 Å². The third kappa shape index (κ3) is 2.95. The highest BCUT2D eigenvalue weighted by atomic mass is 16.5. The summed E-state index contributed by atoms with van der Waals surface area (Å²) in [4.78, 5) is 12.7. The summed E-state index contributed by atoms with van der Waals surface area (Å²) in [5.41, 5.74) is 3.73. The average molecular weight is 356 g/mol. The molecule has 0 spiro atoms. The molecule has 0 amide bonds. The van der Waals surface area contributed by atoms with Gasteiger partial charge in [0.15, 0.2) is 0 Å². The number of carbonyl (C=O) groups excluding carboxylic acids is 1. The summed E-state index contributed by atoms with van der Waals surface area (Å²) in [7, 11) is 0. The Labute approximate surface area is 157 Å². The lowest BCUT2D eigenvalue weighted by Crippen LogP contribution is -2.13. The zero-order valence-electron chi connectivity index (χ0n) is 15.1. The highest BCUT2D eigenvalue weighted by Crippen LogP contribution is 2.35. The summed E-state index contributed by atoms with van der Waals surface area (Å²) in [6.45, 7) is 2.11. The molecular formula is C23H20N2O2. The van der Waals surface area contributed by atoms with E-state index in [0.29, 0.717) is 17.9 Å². The van der Waals surface area contributed by atoms with Crippen LogP contribution in [0.4, 0.5) is 0 Å². The van der Waals surface area contributed by atoms with Crippen LogP contribution < -0.4 is 5.84 Å². The number of ether oxygens (including phenoxy) is 1. The number of carbonyl (C=O) groups is 1. The molecule has 0 unspecified atom stereocenters. The van der Waals surface area contributed by atoms with Crippen molar-refractivity contribution in [2.45, 2.75) is 6.92 Å². The summed E-state index contributed by atoms with van der Waals surface area (Å²) < 4.78 is 6.89. The first kappa shape index (κ1) is 16.9. The average Bonchev–Trinajstić information content (AvgIpc) is 3.05. The van der Waals surface area contributed by atoms with Gasteiger partial charge in [-0.15, -0.1) is 0 Å². The van der Waals surface area contributed by atoms with Crippen LogP contribution in [0.3, 0.4) is 0 Å². The minimum atomic E-state index is -0.373. The lowest BCUT2D eigenvalue weighted by molar-refractivity contribution is 0.0527. The minimum Gasteiger partial charge on any atom is -0.462 e. The Morgan fingerprint density at radius 3 is 2.44 bits per heavy atom. The van der Waals surface area contributed by atoms with Crippen LogP contribution in [0, 0.1) is 0 Å². The quantitative estimate of drug-likeness (QED) is 0.419. The van der Waals surface area contributed by atoms with E-state index in [1.165, 1.54) is 0 Å². The maximum atomic E-state index is 12.7. The molecule has 0 saturated heterocycles. The lowest BCUT2D eigenvalue weighted by Gasteiger charge is -2.12. The molecule has 4 rings (SSSR count). The van der Waals surface area contributed by atoms with Gasteiger partial charge in [-0.05, 0) is 23.8 Å². The van der Waals surface area contributed by atoms with E-state index in [0.717, 1.165) is 27.6 Å². The zero-order chi connectivity index (χ0) is 18.8. The predicted molar refractivity (Wildman–Crippen MR) is 109 cm³/mol. The van der Waals surface area contributed by atoms with E-state index in [1.807, 2.05) is 78.9 Å². The Balaban J connectivity index is 2.01. The van der Waals surface area contributed by atoms with Crippen molar-refractivity contribution in [3.05, 3.63) is 84.4 Å². The first-order valence-electron chi connectivity index (χ1n) is 8.92. The highest BCUT2D eigenvalue weighted by molar-refractivity contribution is 6.04. The number of nitrogens with two attached hydrogens (primary N) is 1. The van der Waals surface area contributed by atoms with Crippen LogP contribution in [-0.2, 0) is 4.74 Å². The maximum absolute atomic E-state index is 12.7. The molecule has 1 aromatic heterocycles. The van der Waals surface area contributed by atoms with Crippen LogP contribution in [0.25, 0.3) is 33.3 Å². The molecular weight excluding hydrogens is 336 g/mol. The van der Waals surface area contributed by atoms with Crippen molar-refractivity contribution in [3.8, 4) is 22.5 Å². The van der Waals surface area contributed by atoms with Crippen molar-refractivity contribution in [3.63, 3.8) is 0 Å². The molecule has 0 aliphatic rings. The van der Waals surface area contributed by atoms with E-state index in [4.69, 9.17) is 10.6 Å². The maximum Gasteiger partial charge on any atom is 0.340 e. The third-order valence-electron chi connectivity index (χ3n) is 4.65. The largest absolute Gasteiger partial charge is 0.462 e. The highest BCUT2D eigenvalue weighted by Gasteiger charge is 2.23. The Kier molecular flexibility index (Phi) is 4.38. The SMILES string of the molecule is CCOC(=O)c1cc(-c2ccccc2)n(N)c1-c1cccc2ccccc12. The topological polar surface area (TPSA) is 57.2 Å². The molecule has 3 aromatic carbocycles. The summed E-state index contributed by atoms with van der Waals surface area (Å²) in [5.74, 6) is 6.13. The Bertz CT molecular complexity index is 1110. The molecule has 0 fully saturated rings. The number of esters is 1. The van der Waals surface area contributed by atoms with E-state index < -0.39 is 0 Å². The second kappa shape index (κ2) is 7.00. The first-order valence-corrected chi connectivity index (χ1v) is 8.92. The molecule has 0 bridgehead atoms. The fourth-order valence-corrected chi connectivity index (χ4v) is 3.43. The molecule has 4 heteroatoms. The molecule has 0 saturated carbocycles. The number of rotatable bonds is 4. The van der Waals surface area contributed by atoms with Crippen LogP contribution in [0.1, 0.15) is 17.3 Å². The van der Waals surface area contributed by atoms with Crippen molar-refractivity contribution in [2.75, 3.05) is 12.4 Å². The van der Waals surface area contributed by atoms with Crippen LogP contribution >= 0.6 is 0 Å². The van der Waals surface area contributed by atoms with E-state index in [1.54, 1.807) is 11.6 Å². The van der Waals surface area contributed by atoms with Crippen molar-refractivity contribution in [1.82, 2.24) is 4.68 Å². The summed E-state index contributed by atoms with van der Waals surface area (Å²) >= 11 is 0. The second-order valence-corrected chi connectivity index (χ2v) is 6.28. The van der Waals surface area contributed by atoms with Gasteiger partial charge in [0.1, 0.15) is 0 Å². The lowest BCUT2D eigenvalue weighted by atomic mass is 10.00. The molecule has 4 nitrogen and oxygen atoms in total. The second-order valence-electron chi connectivity index (χ2n) is 6.28. The Morgan fingerprint density at radius 1 is 0.963 bits per heavy atom. The zero-order valence-corrected chi connectivity index (χ0v) is 15.1. The standard InChI is InChI=1S/C23H20N2O2/c1-2-27-23(26)20-15-21(17-10-4-3-5-11-17)25(24)22(20)19-14-8-12-16-9-6-7-13-18(16)19/h3-15H,2,24H2,1H3. The van der Waals surface area contributed by atoms with Crippen molar-refractivity contribution < 1.29 is 9.53 Å². The van der Waals surface area contributed by atoms with Gasteiger partial charge in [-0.1, -0.05) is 72.8 Å². The molecule has 0 radical (unpaired) electrons. The normalized spacial score (nSPS) is 10.9. The fraction of sp³-hybridized carbons (Fsp3) is 0.0870. The Hall–Kier alpha value is -3.53. The van der Waals surface area contributed by atoms with Gasteiger partial charge in [0.05, 0.1) is 23.6 Å². The molecule has 4 aromatic rings. The van der Waals surface area contributed by atoms with E-state index in [-0.39, 0.29) is 5.97 Å². The Morgan fingerprint density at radius 2 is 1.67 bits per heavy atom. The van der Waals surface area contributed by atoms with Crippen molar-refractivity contribution in [2.24, 2.45) is 0 Å². The molecule has 0 aliphatic carbocycles. The monoisotopic (exact) mass is 356 g/mol. The first-order chi connectivity index (χ1) is 13.2. The van der Waals surface area contributed by atoms with Crippen LogP contribution in [-0.4, -0.2) is 17.3 Å². The van der Waals surface area contributed by atoms with Gasteiger partial charge < -0.3 is 10.6 Å². The molecule has 134 valence electrons. The fourth-order valence-electron chi connectivity index (χ4n) is 3.43. The van der Waals surface area contributed by atoms with Gasteiger partial charge in [0.25, 0.3) is 0 Å². The van der Waals surface area contributed by atoms with E-state index in [9.17, 15) is 4.79 Å². The van der Waals surface area contributed by atoms with E-state index in [2.05, 4.69) is 0 Å². The van der Waals surface area contributed by atoms with Gasteiger partial charge >= 0.3 is 5.97 Å². The molecule has 1 heterocycles. The third-order valence-corrected chi connectivity index (χ3v) is 4.65. The number of benzene rings is 3. The van der Waals surface area contributed by atoms with Crippen LogP contribution in [0.2, 0.25) is 0 Å². The van der Waals surface area contributed by atoms with Gasteiger partial charge in [-0.25, -0.2) is 4.79 Å².